The molecule has 0 aliphatic carbocycles. The molecule has 1 atom stereocenters. The van der Waals surface area contributed by atoms with Gasteiger partial charge in [0.05, 0.1) is 5.75 Å². The van der Waals surface area contributed by atoms with Crippen molar-refractivity contribution in [2.45, 2.75) is 58.8 Å². The lowest BCUT2D eigenvalue weighted by molar-refractivity contribution is -0.113. The summed E-state index contributed by atoms with van der Waals surface area (Å²) in [5, 5.41) is 12.3. The highest BCUT2D eigenvalue weighted by Gasteiger charge is 2.19. The van der Waals surface area contributed by atoms with Crippen molar-refractivity contribution in [1.82, 2.24) is 14.8 Å². The number of nitrogens with zero attached hydrogens (tertiary/aromatic N) is 3. The zero-order chi connectivity index (χ0) is 22.4. The molecule has 0 radical (unpaired) electrons. The van der Waals surface area contributed by atoms with Crippen LogP contribution in [0.3, 0.4) is 0 Å². The van der Waals surface area contributed by atoms with E-state index in [1.165, 1.54) is 22.9 Å². The molecule has 0 fully saturated rings. The quantitative estimate of drug-likeness (QED) is 0.456. The molecule has 0 saturated carbocycles. The molecule has 0 saturated heterocycles. The van der Waals surface area contributed by atoms with E-state index in [1.807, 2.05) is 56.5 Å². The maximum atomic E-state index is 12.4. The van der Waals surface area contributed by atoms with Crippen molar-refractivity contribution in [3.8, 4) is 5.75 Å². The monoisotopic (exact) mass is 438 g/mol. The number of ether oxygens (including phenoxy) is 1. The molecule has 3 aromatic rings. The Balaban J connectivity index is 1.62. The normalized spacial score (nSPS) is 11.9. The van der Waals surface area contributed by atoms with Crippen molar-refractivity contribution in [3.05, 3.63) is 65.0 Å². The van der Waals surface area contributed by atoms with E-state index in [4.69, 9.17) is 4.74 Å². The van der Waals surface area contributed by atoms with Crippen LogP contribution in [0, 0.1) is 13.8 Å². The summed E-state index contributed by atoms with van der Waals surface area (Å²) < 4.78 is 8.07. The van der Waals surface area contributed by atoms with Crippen LogP contribution in [0.4, 0.5) is 5.69 Å². The molecule has 0 unspecified atom stereocenters. The minimum atomic E-state index is -0.252. The molecule has 0 aliphatic heterocycles. The standard InChI is InChI=1S/C24H30N4O2S/c1-6-19-9-11-20(12-10-19)30-18(5)23-26-27-24(28(23)7-2)31-15-22(29)25-21-13-8-16(3)14-17(21)4/h8-14,18H,6-7,15H2,1-5H3,(H,25,29)/t18-/m1/s1. The first-order valence-electron chi connectivity index (χ1n) is 10.6. The van der Waals surface area contributed by atoms with Gasteiger partial charge in [0.2, 0.25) is 5.91 Å². The molecule has 2 aromatic carbocycles. The van der Waals surface area contributed by atoms with Crippen molar-refractivity contribution in [3.63, 3.8) is 0 Å². The molecule has 1 N–H and O–H groups in total. The van der Waals surface area contributed by atoms with Gasteiger partial charge < -0.3 is 14.6 Å². The Kier molecular flexibility index (Phi) is 7.74. The molecule has 7 heteroatoms. The van der Waals surface area contributed by atoms with Gasteiger partial charge in [-0.3, -0.25) is 4.79 Å². The molecule has 0 spiro atoms. The molecule has 0 aliphatic rings. The third-order valence-electron chi connectivity index (χ3n) is 5.06. The molecule has 1 heterocycles. The van der Waals surface area contributed by atoms with E-state index in [9.17, 15) is 4.79 Å². The lowest BCUT2D eigenvalue weighted by Gasteiger charge is -2.16. The minimum Gasteiger partial charge on any atom is -0.483 e. The smallest absolute Gasteiger partial charge is 0.234 e. The molecular weight excluding hydrogens is 408 g/mol. The molecular formula is C24H30N4O2S. The number of carbonyl (C=O) groups is 1. The Bertz CT molecular complexity index is 1030. The summed E-state index contributed by atoms with van der Waals surface area (Å²) in [6.07, 6.45) is 0.746. The number of carbonyl (C=O) groups excluding carboxylic acids is 1. The van der Waals surface area contributed by atoms with E-state index in [0.717, 1.165) is 29.2 Å². The van der Waals surface area contributed by atoms with Crippen LogP contribution in [0.2, 0.25) is 0 Å². The van der Waals surface area contributed by atoms with Gasteiger partial charge >= 0.3 is 0 Å². The van der Waals surface area contributed by atoms with Crippen LogP contribution in [-0.4, -0.2) is 26.4 Å². The van der Waals surface area contributed by atoms with Crippen molar-refractivity contribution in [2.24, 2.45) is 0 Å². The van der Waals surface area contributed by atoms with E-state index in [2.05, 4.69) is 40.6 Å². The van der Waals surface area contributed by atoms with Crippen LogP contribution < -0.4 is 10.1 Å². The zero-order valence-corrected chi connectivity index (χ0v) is 19.6. The Morgan fingerprint density at radius 3 is 2.52 bits per heavy atom. The Morgan fingerprint density at radius 1 is 1.13 bits per heavy atom. The number of nitrogens with one attached hydrogen (secondary N) is 1. The summed E-state index contributed by atoms with van der Waals surface area (Å²) in [7, 11) is 0. The molecule has 164 valence electrons. The number of aromatic nitrogens is 3. The zero-order valence-electron chi connectivity index (χ0n) is 18.8. The van der Waals surface area contributed by atoms with Crippen molar-refractivity contribution in [1.29, 1.82) is 0 Å². The van der Waals surface area contributed by atoms with Crippen LogP contribution in [0.25, 0.3) is 0 Å². The van der Waals surface area contributed by atoms with Crippen LogP contribution in [0.1, 0.15) is 49.4 Å². The van der Waals surface area contributed by atoms with Gasteiger partial charge in [0.25, 0.3) is 0 Å². The number of hydrogen-bond donors (Lipinski definition) is 1. The highest BCUT2D eigenvalue weighted by molar-refractivity contribution is 7.99. The van der Waals surface area contributed by atoms with Crippen molar-refractivity contribution >= 4 is 23.4 Å². The SMILES string of the molecule is CCc1ccc(O[C@H](C)c2nnc(SCC(=O)Nc3ccc(C)cc3C)n2CC)cc1. The number of anilines is 1. The maximum absolute atomic E-state index is 12.4. The number of benzene rings is 2. The summed E-state index contributed by atoms with van der Waals surface area (Å²) in [6, 6.07) is 14.1. The number of amides is 1. The number of rotatable bonds is 9. The summed E-state index contributed by atoms with van der Waals surface area (Å²) >= 11 is 1.38. The average molecular weight is 439 g/mol. The second-order valence-corrected chi connectivity index (χ2v) is 8.44. The van der Waals surface area contributed by atoms with E-state index in [0.29, 0.717) is 11.7 Å². The third kappa shape index (κ3) is 5.88. The van der Waals surface area contributed by atoms with Gasteiger partial charge in [-0.15, -0.1) is 10.2 Å². The van der Waals surface area contributed by atoms with E-state index in [-0.39, 0.29) is 17.8 Å². The van der Waals surface area contributed by atoms with Gasteiger partial charge in [-0.25, -0.2) is 0 Å². The van der Waals surface area contributed by atoms with Crippen LogP contribution in [0.15, 0.2) is 47.6 Å². The molecule has 31 heavy (non-hydrogen) atoms. The van der Waals surface area contributed by atoms with Gasteiger partial charge in [0.15, 0.2) is 17.1 Å². The largest absolute Gasteiger partial charge is 0.483 e. The number of hydrogen-bond acceptors (Lipinski definition) is 5. The Hall–Kier alpha value is -2.80. The van der Waals surface area contributed by atoms with E-state index < -0.39 is 0 Å². The average Bonchev–Trinajstić information content (AvgIpc) is 3.18. The first-order chi connectivity index (χ1) is 14.9. The van der Waals surface area contributed by atoms with E-state index >= 15 is 0 Å². The van der Waals surface area contributed by atoms with Gasteiger partial charge in [0.1, 0.15) is 5.75 Å². The molecule has 3 rings (SSSR count). The topological polar surface area (TPSA) is 69.0 Å². The second-order valence-electron chi connectivity index (χ2n) is 7.50. The van der Waals surface area contributed by atoms with Crippen molar-refractivity contribution < 1.29 is 9.53 Å². The van der Waals surface area contributed by atoms with Gasteiger partial charge in [-0.1, -0.05) is 48.5 Å². The minimum absolute atomic E-state index is 0.0653. The Labute approximate surface area is 188 Å². The van der Waals surface area contributed by atoms with Gasteiger partial charge in [-0.2, -0.15) is 0 Å². The summed E-state index contributed by atoms with van der Waals surface area (Å²) in [5.74, 6) is 1.75. The molecule has 1 amide bonds. The fourth-order valence-corrected chi connectivity index (χ4v) is 4.14. The summed E-state index contributed by atoms with van der Waals surface area (Å²) in [4.78, 5) is 12.4. The highest BCUT2D eigenvalue weighted by Crippen LogP contribution is 2.25. The summed E-state index contributed by atoms with van der Waals surface area (Å²) in [6.45, 7) is 10.9. The van der Waals surface area contributed by atoms with Crippen LogP contribution in [-0.2, 0) is 17.8 Å². The highest BCUT2D eigenvalue weighted by atomic mass is 32.2. The van der Waals surface area contributed by atoms with Crippen molar-refractivity contribution in [2.75, 3.05) is 11.1 Å². The van der Waals surface area contributed by atoms with Crippen LogP contribution in [0.5, 0.6) is 5.75 Å². The number of aryl methyl sites for hydroxylation is 3. The fraction of sp³-hybridized carbons (Fsp3) is 0.375. The fourth-order valence-electron chi connectivity index (χ4n) is 3.34. The predicted molar refractivity (Wildman–Crippen MR) is 126 cm³/mol. The first-order valence-corrected chi connectivity index (χ1v) is 11.6. The Morgan fingerprint density at radius 2 is 1.87 bits per heavy atom. The third-order valence-corrected chi connectivity index (χ3v) is 6.02. The summed E-state index contributed by atoms with van der Waals surface area (Å²) in [5.41, 5.74) is 4.33. The second kappa shape index (κ2) is 10.5. The number of thioether (sulfide) groups is 1. The van der Waals surface area contributed by atoms with Crippen LogP contribution >= 0.6 is 11.8 Å². The first kappa shape index (κ1) is 22.9. The molecule has 0 bridgehead atoms. The van der Waals surface area contributed by atoms with E-state index in [1.54, 1.807) is 0 Å². The lowest BCUT2D eigenvalue weighted by Crippen LogP contribution is -2.16. The van der Waals surface area contributed by atoms with Gasteiger partial charge in [0, 0.05) is 12.2 Å². The predicted octanol–water partition coefficient (Wildman–Crippen LogP) is 5.35. The van der Waals surface area contributed by atoms with Gasteiger partial charge in [-0.05, 0) is 63.4 Å². The maximum Gasteiger partial charge on any atom is 0.234 e. The lowest BCUT2D eigenvalue weighted by atomic mass is 10.1. The molecule has 1 aromatic heterocycles. The molecule has 6 nitrogen and oxygen atoms in total.